The number of benzene rings is 1. The van der Waals surface area contributed by atoms with Gasteiger partial charge in [-0.15, -0.1) is 0 Å². The quantitative estimate of drug-likeness (QED) is 0.669. The van der Waals surface area contributed by atoms with Crippen LogP contribution in [-0.2, 0) is 13.1 Å². The summed E-state index contributed by atoms with van der Waals surface area (Å²) >= 11 is 0. The Balaban J connectivity index is 2.15. The average Bonchev–Trinajstić information content (AvgIpc) is 3.14. The second kappa shape index (κ2) is 9.55. The highest BCUT2D eigenvalue weighted by molar-refractivity contribution is 5.91. The van der Waals surface area contributed by atoms with Crippen LogP contribution in [0.25, 0.3) is 0 Å². The molecule has 6 heteroatoms. The van der Waals surface area contributed by atoms with Crippen molar-refractivity contribution < 1.29 is 13.9 Å². The lowest BCUT2D eigenvalue weighted by Gasteiger charge is -2.30. The highest BCUT2D eigenvalue weighted by Crippen LogP contribution is 2.20. The number of methoxy groups -OCH3 is 1. The van der Waals surface area contributed by atoms with Crippen molar-refractivity contribution >= 4 is 5.91 Å². The maximum Gasteiger partial charge on any atom is 0.275 e. The van der Waals surface area contributed by atoms with E-state index >= 15 is 0 Å². The number of ether oxygens (including phenoxy) is 1. The Labute approximate surface area is 162 Å². The molecule has 1 atom stereocenters. The van der Waals surface area contributed by atoms with Gasteiger partial charge in [0.25, 0.3) is 5.91 Å². The summed E-state index contributed by atoms with van der Waals surface area (Å²) in [7, 11) is 3.42. The molecule has 1 aromatic carbocycles. The van der Waals surface area contributed by atoms with E-state index < -0.39 is 0 Å². The third-order valence-corrected chi connectivity index (χ3v) is 5.02. The lowest BCUT2D eigenvalue weighted by molar-refractivity contribution is 0.0796. The van der Waals surface area contributed by atoms with Crippen LogP contribution in [0.5, 0.6) is 5.75 Å². The minimum absolute atomic E-state index is 0.119. The largest absolute Gasteiger partial charge is 0.497 e. The molecule has 1 unspecified atom stereocenters. The van der Waals surface area contributed by atoms with Crippen LogP contribution in [0.3, 0.4) is 0 Å². The van der Waals surface area contributed by atoms with Crippen molar-refractivity contribution in [1.82, 2.24) is 14.8 Å². The van der Waals surface area contributed by atoms with Gasteiger partial charge in [-0.05, 0) is 37.5 Å². The molecule has 0 saturated heterocycles. The van der Waals surface area contributed by atoms with E-state index in [1.54, 1.807) is 19.1 Å². The number of oxazole rings is 1. The Kier molecular flexibility index (Phi) is 7.42. The molecular weight excluding hydrogens is 342 g/mol. The van der Waals surface area contributed by atoms with Crippen LogP contribution in [0.2, 0.25) is 0 Å². The van der Waals surface area contributed by atoms with Crippen molar-refractivity contribution in [3.8, 4) is 5.75 Å². The molecule has 0 spiro atoms. The molecule has 27 heavy (non-hydrogen) atoms. The minimum atomic E-state index is -0.119. The fourth-order valence-electron chi connectivity index (χ4n) is 2.73. The second-order valence-corrected chi connectivity index (χ2v) is 7.18. The first-order chi connectivity index (χ1) is 12.8. The molecule has 0 N–H and O–H groups in total. The van der Waals surface area contributed by atoms with Gasteiger partial charge in [-0.2, -0.15) is 0 Å². The molecule has 6 nitrogen and oxygen atoms in total. The number of amides is 1. The Hall–Kier alpha value is -2.34. The van der Waals surface area contributed by atoms with E-state index in [1.165, 1.54) is 11.8 Å². The number of hydrogen-bond donors (Lipinski definition) is 0. The molecule has 0 bridgehead atoms. The second-order valence-electron chi connectivity index (χ2n) is 7.18. The summed E-state index contributed by atoms with van der Waals surface area (Å²) in [6.45, 7) is 10.5. The number of aromatic nitrogens is 1. The van der Waals surface area contributed by atoms with Crippen molar-refractivity contribution in [2.75, 3.05) is 20.7 Å². The molecule has 148 valence electrons. The maximum atomic E-state index is 12.2. The Morgan fingerprint density at radius 3 is 2.41 bits per heavy atom. The van der Waals surface area contributed by atoms with Crippen molar-refractivity contribution in [3.63, 3.8) is 0 Å². The first-order valence-electron chi connectivity index (χ1n) is 9.42. The van der Waals surface area contributed by atoms with Gasteiger partial charge >= 0.3 is 0 Å². The highest BCUT2D eigenvalue weighted by Gasteiger charge is 2.22. The zero-order chi connectivity index (χ0) is 20.0. The molecule has 0 fully saturated rings. The topological polar surface area (TPSA) is 58.8 Å². The first-order valence-corrected chi connectivity index (χ1v) is 9.42. The summed E-state index contributed by atoms with van der Waals surface area (Å²) in [5, 5.41) is 0. The zero-order valence-corrected chi connectivity index (χ0v) is 17.2. The smallest absolute Gasteiger partial charge is 0.275 e. The van der Waals surface area contributed by atoms with Gasteiger partial charge in [0.05, 0.1) is 13.7 Å². The van der Waals surface area contributed by atoms with E-state index in [9.17, 15) is 4.79 Å². The average molecular weight is 373 g/mol. The summed E-state index contributed by atoms with van der Waals surface area (Å²) in [5.41, 5.74) is 1.55. The third-order valence-electron chi connectivity index (χ3n) is 5.02. The fourth-order valence-corrected chi connectivity index (χ4v) is 2.73. The van der Waals surface area contributed by atoms with E-state index in [-0.39, 0.29) is 5.91 Å². The van der Waals surface area contributed by atoms with Gasteiger partial charge in [-0.3, -0.25) is 9.69 Å². The Bertz CT molecular complexity index is 725. The number of carbonyl (C=O) groups is 1. The van der Waals surface area contributed by atoms with Gasteiger partial charge < -0.3 is 14.1 Å². The zero-order valence-electron chi connectivity index (χ0n) is 17.2. The van der Waals surface area contributed by atoms with Gasteiger partial charge in [0.15, 0.2) is 5.69 Å². The lowest BCUT2D eigenvalue weighted by atomic mass is 10.0. The lowest BCUT2D eigenvalue weighted by Crippen LogP contribution is -2.36. The van der Waals surface area contributed by atoms with Crippen molar-refractivity contribution in [3.05, 3.63) is 47.7 Å². The van der Waals surface area contributed by atoms with Crippen LogP contribution < -0.4 is 4.74 Å². The molecule has 0 aliphatic carbocycles. The van der Waals surface area contributed by atoms with Gasteiger partial charge in [0.1, 0.15) is 12.0 Å². The van der Waals surface area contributed by atoms with E-state index in [0.29, 0.717) is 36.6 Å². The van der Waals surface area contributed by atoms with Crippen molar-refractivity contribution in [2.24, 2.45) is 5.92 Å². The molecule has 0 saturated carbocycles. The standard InChI is InChI=1S/C21H31N3O3/c1-7-23(5)21(25)19-14-27-20(22-19)13-24(16(4)15(2)3)12-17-8-10-18(26-6)11-9-17/h8-11,14-16H,7,12-13H2,1-6H3. The summed E-state index contributed by atoms with van der Waals surface area (Å²) in [6, 6.07) is 8.40. The van der Waals surface area contributed by atoms with Gasteiger partial charge in [0, 0.05) is 26.2 Å². The predicted molar refractivity (Wildman–Crippen MR) is 106 cm³/mol. The first kappa shape index (κ1) is 21.0. The molecule has 1 amide bonds. The van der Waals surface area contributed by atoms with E-state index in [0.717, 1.165) is 12.3 Å². The van der Waals surface area contributed by atoms with Crippen LogP contribution in [0.15, 0.2) is 34.9 Å². The maximum absolute atomic E-state index is 12.2. The molecule has 0 aliphatic heterocycles. The number of nitrogens with zero attached hydrogens (tertiary/aromatic N) is 3. The van der Waals surface area contributed by atoms with Crippen molar-refractivity contribution in [2.45, 2.75) is 46.8 Å². The summed E-state index contributed by atoms with van der Waals surface area (Å²) < 4.78 is 10.8. The molecule has 0 radical (unpaired) electrons. The summed E-state index contributed by atoms with van der Waals surface area (Å²) in [6.07, 6.45) is 1.45. The Morgan fingerprint density at radius 1 is 1.19 bits per heavy atom. The highest BCUT2D eigenvalue weighted by atomic mass is 16.5. The van der Waals surface area contributed by atoms with Crippen LogP contribution >= 0.6 is 0 Å². The fraction of sp³-hybridized carbons (Fsp3) is 0.524. The summed E-state index contributed by atoms with van der Waals surface area (Å²) in [4.78, 5) is 20.6. The molecule has 2 rings (SSSR count). The van der Waals surface area contributed by atoms with Crippen molar-refractivity contribution in [1.29, 1.82) is 0 Å². The van der Waals surface area contributed by atoms with Gasteiger partial charge in [-0.1, -0.05) is 26.0 Å². The van der Waals surface area contributed by atoms with E-state index in [2.05, 4.69) is 42.8 Å². The molecule has 1 heterocycles. The van der Waals surface area contributed by atoms with Crippen LogP contribution in [-0.4, -0.2) is 47.4 Å². The monoisotopic (exact) mass is 373 g/mol. The molecule has 1 aromatic heterocycles. The Morgan fingerprint density at radius 2 is 1.85 bits per heavy atom. The number of hydrogen-bond acceptors (Lipinski definition) is 5. The van der Waals surface area contributed by atoms with E-state index in [1.807, 2.05) is 19.1 Å². The predicted octanol–water partition coefficient (Wildman–Crippen LogP) is 3.82. The third kappa shape index (κ3) is 5.57. The summed E-state index contributed by atoms with van der Waals surface area (Å²) in [5.74, 6) is 1.76. The SMILES string of the molecule is CCN(C)C(=O)c1coc(CN(Cc2ccc(OC)cc2)C(C)C(C)C)n1. The van der Waals surface area contributed by atoms with Crippen LogP contribution in [0.1, 0.15) is 49.6 Å². The van der Waals surface area contributed by atoms with Crippen LogP contribution in [0.4, 0.5) is 0 Å². The molecule has 2 aromatic rings. The molecule has 0 aliphatic rings. The van der Waals surface area contributed by atoms with Crippen LogP contribution in [0, 0.1) is 5.92 Å². The minimum Gasteiger partial charge on any atom is -0.497 e. The normalized spacial score (nSPS) is 12.4. The number of rotatable bonds is 9. The van der Waals surface area contributed by atoms with Gasteiger partial charge in [-0.25, -0.2) is 4.98 Å². The molecular formula is C21H31N3O3. The van der Waals surface area contributed by atoms with Gasteiger partial charge in [0.2, 0.25) is 5.89 Å². The van der Waals surface area contributed by atoms with E-state index in [4.69, 9.17) is 9.15 Å². The number of carbonyl (C=O) groups excluding carboxylic acids is 1.